The minimum absolute atomic E-state index is 0.0925. The highest BCUT2D eigenvalue weighted by atomic mass is 16.5. The average molecular weight is 511 g/mol. The SMILES string of the molecule is N#CC1CCN(c2ccc(-c3cc(C(=O)O)nc4c3c(OC3CCOC3)nn4-c3ccccc3)cn2)CC1. The maximum atomic E-state index is 12.1. The van der Waals surface area contributed by atoms with Gasteiger partial charge in [0.1, 0.15) is 11.9 Å². The third-order valence-corrected chi connectivity index (χ3v) is 7.05. The van der Waals surface area contributed by atoms with Crippen LogP contribution in [-0.2, 0) is 4.74 Å². The van der Waals surface area contributed by atoms with Crippen LogP contribution < -0.4 is 9.64 Å². The summed E-state index contributed by atoms with van der Waals surface area (Å²) in [5.74, 6) is 0.162. The van der Waals surface area contributed by atoms with Gasteiger partial charge in [-0.2, -0.15) is 5.26 Å². The molecule has 0 saturated carbocycles. The molecule has 2 fully saturated rings. The first kappa shape index (κ1) is 23.9. The van der Waals surface area contributed by atoms with Crippen molar-refractivity contribution in [2.45, 2.75) is 25.4 Å². The number of anilines is 1. The number of hydrogen-bond acceptors (Lipinski definition) is 8. The van der Waals surface area contributed by atoms with E-state index in [2.05, 4.69) is 16.0 Å². The number of benzene rings is 1. The first-order valence-corrected chi connectivity index (χ1v) is 12.7. The molecular weight excluding hydrogens is 484 g/mol. The Balaban J connectivity index is 1.46. The maximum absolute atomic E-state index is 12.1. The van der Waals surface area contributed by atoms with Crippen LogP contribution in [0.5, 0.6) is 5.88 Å². The van der Waals surface area contributed by atoms with E-state index in [1.54, 1.807) is 16.9 Å². The number of pyridine rings is 2. The monoisotopic (exact) mass is 510 g/mol. The quantitative estimate of drug-likeness (QED) is 0.408. The van der Waals surface area contributed by atoms with E-state index >= 15 is 0 Å². The summed E-state index contributed by atoms with van der Waals surface area (Å²) in [5, 5.41) is 24.4. The van der Waals surface area contributed by atoms with Gasteiger partial charge in [-0.05, 0) is 43.2 Å². The summed E-state index contributed by atoms with van der Waals surface area (Å²) in [6, 6.07) is 17.2. The molecule has 10 heteroatoms. The van der Waals surface area contributed by atoms with Crippen LogP contribution in [0.15, 0.2) is 54.7 Å². The van der Waals surface area contributed by atoms with Gasteiger partial charge in [0.2, 0.25) is 5.88 Å². The first-order chi connectivity index (χ1) is 18.6. The van der Waals surface area contributed by atoms with Gasteiger partial charge in [-0.1, -0.05) is 18.2 Å². The molecule has 0 spiro atoms. The molecule has 3 aromatic heterocycles. The van der Waals surface area contributed by atoms with Crippen molar-refractivity contribution < 1.29 is 19.4 Å². The van der Waals surface area contributed by atoms with E-state index in [0.29, 0.717) is 35.7 Å². The molecular formula is C28H26N6O4. The minimum Gasteiger partial charge on any atom is -0.477 e. The van der Waals surface area contributed by atoms with Gasteiger partial charge >= 0.3 is 5.97 Å². The molecule has 6 rings (SSSR count). The van der Waals surface area contributed by atoms with Crippen molar-refractivity contribution in [1.82, 2.24) is 19.7 Å². The Morgan fingerprint density at radius 3 is 2.61 bits per heavy atom. The molecule has 192 valence electrons. The highest BCUT2D eigenvalue weighted by Gasteiger charge is 2.26. The molecule has 10 nitrogen and oxygen atoms in total. The van der Waals surface area contributed by atoms with Gasteiger partial charge in [-0.15, -0.1) is 5.10 Å². The van der Waals surface area contributed by atoms with E-state index < -0.39 is 5.97 Å². The number of carboxylic acids is 1. The van der Waals surface area contributed by atoms with E-state index in [0.717, 1.165) is 49.4 Å². The molecule has 38 heavy (non-hydrogen) atoms. The summed E-state index contributed by atoms with van der Waals surface area (Å²) >= 11 is 0. The van der Waals surface area contributed by atoms with Crippen molar-refractivity contribution in [3.8, 4) is 28.8 Å². The molecule has 0 bridgehead atoms. The lowest BCUT2D eigenvalue weighted by molar-refractivity contribution is 0.0691. The molecule has 1 aromatic carbocycles. The molecule has 1 unspecified atom stereocenters. The molecule has 2 aliphatic rings. The topological polar surface area (TPSA) is 126 Å². The van der Waals surface area contributed by atoms with Crippen LogP contribution in [0.2, 0.25) is 0 Å². The molecule has 0 amide bonds. The molecule has 5 heterocycles. The Labute approximate surface area is 219 Å². The van der Waals surface area contributed by atoms with E-state index in [-0.39, 0.29) is 17.7 Å². The largest absolute Gasteiger partial charge is 0.477 e. The van der Waals surface area contributed by atoms with Crippen molar-refractivity contribution in [3.63, 3.8) is 0 Å². The third kappa shape index (κ3) is 4.53. The van der Waals surface area contributed by atoms with Crippen LogP contribution in [-0.4, -0.2) is 63.2 Å². The van der Waals surface area contributed by atoms with E-state index in [9.17, 15) is 15.2 Å². The number of nitrogens with zero attached hydrogens (tertiary/aromatic N) is 6. The van der Waals surface area contributed by atoms with E-state index in [1.165, 1.54) is 0 Å². The van der Waals surface area contributed by atoms with Gasteiger partial charge in [0.05, 0.1) is 30.4 Å². The van der Waals surface area contributed by atoms with Gasteiger partial charge in [0.15, 0.2) is 11.3 Å². The summed E-state index contributed by atoms with van der Waals surface area (Å²) < 4.78 is 13.4. The molecule has 4 aromatic rings. The lowest BCUT2D eigenvalue weighted by Crippen LogP contribution is -2.33. The van der Waals surface area contributed by atoms with E-state index in [4.69, 9.17) is 19.6 Å². The molecule has 2 saturated heterocycles. The van der Waals surface area contributed by atoms with Crippen LogP contribution in [0.4, 0.5) is 5.82 Å². The number of para-hydroxylation sites is 1. The zero-order valence-corrected chi connectivity index (χ0v) is 20.7. The normalized spacial score (nSPS) is 18.0. The average Bonchev–Trinajstić information content (AvgIpc) is 3.61. The standard InChI is InChI=1S/C28H26N6O4/c29-15-18-8-11-33(12-9-18)24-7-6-19(16-30-24)22-14-23(28(35)36)31-26-25(22)27(38-21-10-13-37-17-21)32-34(26)20-4-2-1-3-5-20/h1-7,14,16,18,21H,8-13,17H2,(H,35,36). The number of aromatic nitrogens is 4. The van der Waals surface area contributed by atoms with Gasteiger partial charge < -0.3 is 19.5 Å². The second-order valence-electron chi connectivity index (χ2n) is 9.51. The fraction of sp³-hybridized carbons (Fsp3) is 0.321. The number of nitriles is 1. The van der Waals surface area contributed by atoms with Crippen molar-refractivity contribution in [3.05, 3.63) is 60.4 Å². The molecule has 2 aliphatic heterocycles. The van der Waals surface area contributed by atoms with E-state index in [1.807, 2.05) is 42.5 Å². The van der Waals surface area contributed by atoms with Crippen molar-refractivity contribution in [2.24, 2.45) is 5.92 Å². The predicted octanol–water partition coefficient (Wildman–Crippen LogP) is 4.09. The third-order valence-electron chi connectivity index (χ3n) is 7.05. The van der Waals surface area contributed by atoms with Gasteiger partial charge in [-0.25, -0.2) is 19.4 Å². The number of aromatic carboxylic acids is 1. The lowest BCUT2D eigenvalue weighted by atomic mass is 9.98. The predicted molar refractivity (Wildman–Crippen MR) is 139 cm³/mol. The first-order valence-electron chi connectivity index (χ1n) is 12.7. The molecule has 1 atom stereocenters. The second-order valence-corrected chi connectivity index (χ2v) is 9.51. The van der Waals surface area contributed by atoms with Gasteiger partial charge in [-0.3, -0.25) is 0 Å². The van der Waals surface area contributed by atoms with Crippen molar-refractivity contribution >= 4 is 22.8 Å². The summed E-state index contributed by atoms with van der Waals surface area (Å²) in [6.45, 7) is 2.64. The number of carbonyl (C=O) groups is 1. The molecule has 1 N–H and O–H groups in total. The summed E-state index contributed by atoms with van der Waals surface area (Å²) in [5.41, 5.74) is 2.40. The van der Waals surface area contributed by atoms with Crippen LogP contribution in [0.1, 0.15) is 29.8 Å². The van der Waals surface area contributed by atoms with Crippen LogP contribution in [0.3, 0.4) is 0 Å². The van der Waals surface area contributed by atoms with Crippen molar-refractivity contribution in [1.29, 1.82) is 5.26 Å². The number of ether oxygens (including phenoxy) is 2. The highest BCUT2D eigenvalue weighted by molar-refractivity contribution is 6.01. The minimum atomic E-state index is -1.13. The second kappa shape index (κ2) is 10.1. The molecule has 0 radical (unpaired) electrons. The summed E-state index contributed by atoms with van der Waals surface area (Å²) in [6.07, 6.45) is 3.97. The Morgan fingerprint density at radius 1 is 1.13 bits per heavy atom. The van der Waals surface area contributed by atoms with Gasteiger partial charge in [0.25, 0.3) is 0 Å². The smallest absolute Gasteiger partial charge is 0.354 e. The number of fused-ring (bicyclic) bond motifs is 1. The number of hydrogen-bond donors (Lipinski definition) is 1. The van der Waals surface area contributed by atoms with Crippen LogP contribution in [0, 0.1) is 17.2 Å². The molecule has 0 aliphatic carbocycles. The Morgan fingerprint density at radius 2 is 1.95 bits per heavy atom. The number of rotatable bonds is 6. The zero-order chi connectivity index (χ0) is 26.1. The van der Waals surface area contributed by atoms with Crippen molar-refractivity contribution in [2.75, 3.05) is 31.2 Å². The Kier molecular flexibility index (Phi) is 6.35. The number of piperidine rings is 1. The Hall–Kier alpha value is -4.49. The zero-order valence-electron chi connectivity index (χ0n) is 20.7. The van der Waals surface area contributed by atoms with Crippen LogP contribution >= 0.6 is 0 Å². The van der Waals surface area contributed by atoms with Crippen LogP contribution in [0.25, 0.3) is 27.8 Å². The van der Waals surface area contributed by atoms with Gasteiger partial charge in [0, 0.05) is 42.8 Å². The highest BCUT2D eigenvalue weighted by Crippen LogP contribution is 2.37. The maximum Gasteiger partial charge on any atom is 0.354 e. The Bertz CT molecular complexity index is 1500. The summed E-state index contributed by atoms with van der Waals surface area (Å²) in [7, 11) is 0. The number of carboxylic acid groups (broad SMARTS) is 1. The summed E-state index contributed by atoms with van der Waals surface area (Å²) in [4.78, 5) is 23.4. The lowest BCUT2D eigenvalue weighted by Gasteiger charge is -2.30. The fourth-order valence-electron chi connectivity index (χ4n) is 4.99. The fourth-order valence-corrected chi connectivity index (χ4v) is 4.99.